The lowest BCUT2D eigenvalue weighted by molar-refractivity contribution is -0.117. The van der Waals surface area contributed by atoms with Gasteiger partial charge in [0.05, 0.1) is 32.1 Å². The summed E-state index contributed by atoms with van der Waals surface area (Å²) >= 11 is 0. The van der Waals surface area contributed by atoms with Crippen LogP contribution in [0.5, 0.6) is 11.5 Å². The van der Waals surface area contributed by atoms with Crippen LogP contribution in [-0.2, 0) is 17.6 Å². The van der Waals surface area contributed by atoms with E-state index in [1.165, 1.54) is 19.3 Å². The number of benzene rings is 1. The molecule has 1 aliphatic carbocycles. The van der Waals surface area contributed by atoms with Crippen LogP contribution in [0.4, 0.5) is 0 Å². The maximum absolute atomic E-state index is 11.4. The van der Waals surface area contributed by atoms with Crippen LogP contribution in [0.25, 0.3) is 0 Å². The van der Waals surface area contributed by atoms with Gasteiger partial charge in [0.15, 0.2) is 5.82 Å². The number of ether oxygens (including phenoxy) is 2. The summed E-state index contributed by atoms with van der Waals surface area (Å²) in [5.74, 6) is 2.83. The van der Waals surface area contributed by atoms with Gasteiger partial charge in [0, 0.05) is 0 Å². The molecular formula is C20H26N4O3. The minimum Gasteiger partial charge on any atom is -0.497 e. The molecule has 0 spiro atoms. The van der Waals surface area contributed by atoms with Crippen molar-refractivity contribution in [2.45, 2.75) is 56.9 Å². The van der Waals surface area contributed by atoms with Gasteiger partial charge in [-0.3, -0.25) is 4.79 Å². The summed E-state index contributed by atoms with van der Waals surface area (Å²) in [4.78, 5) is 16.1. The molecule has 7 heteroatoms. The maximum Gasteiger partial charge on any atom is 0.225 e. The van der Waals surface area contributed by atoms with E-state index in [0.29, 0.717) is 18.5 Å². The van der Waals surface area contributed by atoms with Crippen LogP contribution in [0.15, 0.2) is 18.2 Å². The lowest BCUT2D eigenvalue weighted by Crippen LogP contribution is -2.25. The number of nitrogens with two attached hydrogens (primary N) is 1. The summed E-state index contributed by atoms with van der Waals surface area (Å²) < 4.78 is 13.4. The Morgan fingerprint density at radius 1 is 1.33 bits per heavy atom. The van der Waals surface area contributed by atoms with Gasteiger partial charge in [-0.15, -0.1) is 0 Å². The lowest BCUT2D eigenvalue weighted by atomic mass is 9.93. The Morgan fingerprint density at radius 3 is 2.89 bits per heavy atom. The topological polar surface area (TPSA) is 92.3 Å². The highest BCUT2D eigenvalue weighted by atomic mass is 16.5. The number of primary amides is 1. The fourth-order valence-electron chi connectivity index (χ4n) is 4.15. The van der Waals surface area contributed by atoms with Gasteiger partial charge in [0.25, 0.3) is 0 Å². The first-order valence-corrected chi connectivity index (χ1v) is 9.67. The lowest BCUT2D eigenvalue weighted by Gasteiger charge is -2.28. The number of methoxy groups -OCH3 is 1. The van der Waals surface area contributed by atoms with Crippen LogP contribution in [-0.4, -0.2) is 34.4 Å². The first-order valence-electron chi connectivity index (χ1n) is 9.67. The van der Waals surface area contributed by atoms with Crippen molar-refractivity contribution in [2.75, 3.05) is 13.7 Å². The zero-order valence-electron chi connectivity index (χ0n) is 15.7. The molecule has 1 saturated carbocycles. The summed E-state index contributed by atoms with van der Waals surface area (Å²) in [6.07, 6.45) is 6.77. The van der Waals surface area contributed by atoms with Crippen molar-refractivity contribution in [2.24, 2.45) is 5.73 Å². The Morgan fingerprint density at radius 2 is 2.15 bits per heavy atom. The summed E-state index contributed by atoms with van der Waals surface area (Å²) in [5, 5.41) is 4.66. The molecule has 27 heavy (non-hydrogen) atoms. The van der Waals surface area contributed by atoms with Crippen molar-refractivity contribution >= 4 is 5.91 Å². The molecule has 1 fully saturated rings. The molecule has 0 saturated heterocycles. The number of rotatable bonds is 5. The van der Waals surface area contributed by atoms with Crippen LogP contribution in [0, 0.1) is 0 Å². The molecule has 0 bridgehead atoms. The molecule has 7 nitrogen and oxygen atoms in total. The monoisotopic (exact) mass is 370 g/mol. The molecule has 1 amide bonds. The van der Waals surface area contributed by atoms with Crippen molar-refractivity contribution in [3.8, 4) is 11.5 Å². The fourth-order valence-corrected chi connectivity index (χ4v) is 4.15. The average Bonchev–Trinajstić information content (AvgIpc) is 3.10. The van der Waals surface area contributed by atoms with E-state index in [-0.39, 0.29) is 12.3 Å². The summed E-state index contributed by atoms with van der Waals surface area (Å²) in [6, 6.07) is 6.23. The van der Waals surface area contributed by atoms with Gasteiger partial charge in [-0.25, -0.2) is 9.67 Å². The molecule has 1 aromatic heterocycles. The number of carbonyl (C=O) groups is 1. The van der Waals surface area contributed by atoms with Crippen LogP contribution >= 0.6 is 0 Å². The van der Waals surface area contributed by atoms with Gasteiger partial charge < -0.3 is 15.2 Å². The number of nitrogens with zero attached hydrogens (tertiary/aromatic N) is 3. The summed E-state index contributed by atoms with van der Waals surface area (Å²) in [6.45, 7) is 0.556. The van der Waals surface area contributed by atoms with E-state index in [9.17, 15) is 4.79 Å². The minimum absolute atomic E-state index is 0.0741. The van der Waals surface area contributed by atoms with E-state index in [0.717, 1.165) is 42.1 Å². The highest BCUT2D eigenvalue weighted by Crippen LogP contribution is 2.36. The van der Waals surface area contributed by atoms with E-state index in [1.807, 2.05) is 18.2 Å². The normalized spacial score (nSPS) is 20.0. The molecule has 4 rings (SSSR count). The Labute approximate surface area is 158 Å². The molecule has 2 heterocycles. The molecule has 1 aromatic carbocycles. The molecule has 144 valence electrons. The first-order chi connectivity index (χ1) is 13.1. The van der Waals surface area contributed by atoms with Crippen LogP contribution in [0.1, 0.15) is 61.3 Å². The largest absolute Gasteiger partial charge is 0.497 e. The van der Waals surface area contributed by atoms with Gasteiger partial charge >= 0.3 is 0 Å². The molecule has 2 N–H and O–H groups in total. The highest BCUT2D eigenvalue weighted by Gasteiger charge is 2.30. The third kappa shape index (κ3) is 3.77. The van der Waals surface area contributed by atoms with Gasteiger partial charge in [-0.05, 0) is 43.0 Å². The average molecular weight is 370 g/mol. The van der Waals surface area contributed by atoms with Crippen molar-refractivity contribution in [3.05, 3.63) is 35.4 Å². The quantitative estimate of drug-likeness (QED) is 0.873. The molecular weight excluding hydrogens is 344 g/mol. The molecule has 2 aliphatic rings. The number of fused-ring (bicyclic) bond motifs is 1. The number of hydrogen-bond acceptors (Lipinski definition) is 5. The Balaban J connectivity index is 1.65. The molecule has 1 atom stereocenters. The Bertz CT molecular complexity index is 827. The van der Waals surface area contributed by atoms with E-state index in [1.54, 1.807) is 7.11 Å². The molecule has 2 aromatic rings. The maximum atomic E-state index is 11.4. The van der Waals surface area contributed by atoms with Crippen molar-refractivity contribution in [1.29, 1.82) is 0 Å². The third-order valence-corrected chi connectivity index (χ3v) is 5.49. The van der Waals surface area contributed by atoms with Gasteiger partial charge in [0.2, 0.25) is 5.91 Å². The molecule has 1 aliphatic heterocycles. The van der Waals surface area contributed by atoms with Gasteiger partial charge in [0.1, 0.15) is 17.3 Å². The fraction of sp³-hybridized carbons (Fsp3) is 0.550. The number of aromatic nitrogens is 3. The SMILES string of the molecule is COc1ccc2c(c1)CC(c1nc(CC(N)=O)nn1C1CCCCC1)CO2. The van der Waals surface area contributed by atoms with Crippen molar-refractivity contribution in [1.82, 2.24) is 14.8 Å². The second kappa shape index (κ2) is 7.58. The Hall–Kier alpha value is -2.57. The summed E-state index contributed by atoms with van der Waals surface area (Å²) in [5.41, 5.74) is 6.48. The molecule has 1 unspecified atom stereocenters. The zero-order chi connectivity index (χ0) is 18.8. The van der Waals surface area contributed by atoms with Crippen LogP contribution in [0.2, 0.25) is 0 Å². The van der Waals surface area contributed by atoms with E-state index >= 15 is 0 Å². The van der Waals surface area contributed by atoms with Gasteiger partial charge in [-0.2, -0.15) is 5.10 Å². The number of amides is 1. The van der Waals surface area contributed by atoms with Crippen molar-refractivity contribution in [3.63, 3.8) is 0 Å². The molecule has 0 radical (unpaired) electrons. The number of hydrogen-bond donors (Lipinski definition) is 1. The second-order valence-corrected chi connectivity index (χ2v) is 7.45. The van der Waals surface area contributed by atoms with Crippen LogP contribution in [0.3, 0.4) is 0 Å². The standard InChI is InChI=1S/C20H26N4O3/c1-26-16-7-8-17-13(10-16)9-14(12-27-17)20-22-19(11-18(21)25)23-24(20)15-5-3-2-4-6-15/h7-8,10,14-15H,2-6,9,11-12H2,1H3,(H2,21,25). The summed E-state index contributed by atoms with van der Waals surface area (Å²) in [7, 11) is 1.67. The van der Waals surface area contributed by atoms with Crippen molar-refractivity contribution < 1.29 is 14.3 Å². The van der Waals surface area contributed by atoms with E-state index < -0.39 is 5.91 Å². The predicted octanol–water partition coefficient (Wildman–Crippen LogP) is 2.54. The smallest absolute Gasteiger partial charge is 0.225 e. The Kier molecular flexibility index (Phi) is 5.01. The van der Waals surface area contributed by atoms with Crippen LogP contribution < -0.4 is 15.2 Å². The minimum atomic E-state index is -0.405. The van der Waals surface area contributed by atoms with Gasteiger partial charge in [-0.1, -0.05) is 19.3 Å². The van der Waals surface area contributed by atoms with E-state index in [2.05, 4.69) is 9.78 Å². The van der Waals surface area contributed by atoms with E-state index in [4.69, 9.17) is 20.2 Å². The third-order valence-electron chi connectivity index (χ3n) is 5.49. The predicted molar refractivity (Wildman–Crippen MR) is 100.0 cm³/mol. The first kappa shape index (κ1) is 17.8. The highest BCUT2D eigenvalue weighted by molar-refractivity contribution is 5.75. The zero-order valence-corrected chi connectivity index (χ0v) is 15.7. The number of carbonyl (C=O) groups excluding carboxylic acids is 1. The second-order valence-electron chi connectivity index (χ2n) is 7.45.